The van der Waals surface area contributed by atoms with Crippen LogP contribution in [0.15, 0.2) is 41.8 Å². The van der Waals surface area contributed by atoms with Crippen molar-refractivity contribution in [3.63, 3.8) is 0 Å². The molecule has 21 heavy (non-hydrogen) atoms. The van der Waals surface area contributed by atoms with Crippen molar-refractivity contribution >= 4 is 28.3 Å². The maximum atomic E-state index is 9.00. The normalized spacial score (nSPS) is 9.81. The van der Waals surface area contributed by atoms with E-state index < -0.39 is 5.97 Å². The van der Waals surface area contributed by atoms with E-state index in [4.69, 9.17) is 14.6 Å². The van der Waals surface area contributed by atoms with E-state index in [1.165, 1.54) is 0 Å². The Bertz CT molecular complexity index is 738. The molecule has 108 valence electrons. The Kier molecular flexibility index (Phi) is 4.84. The van der Waals surface area contributed by atoms with Gasteiger partial charge in [0.15, 0.2) is 0 Å². The summed E-state index contributed by atoms with van der Waals surface area (Å²) in [6.07, 6.45) is 0. The minimum atomic E-state index is -0.833. The predicted molar refractivity (Wildman–Crippen MR) is 82.7 cm³/mol. The molecule has 3 rings (SSSR count). The molecule has 0 aliphatic rings. The molecule has 0 atom stereocenters. The van der Waals surface area contributed by atoms with Crippen LogP contribution in [-0.4, -0.2) is 28.2 Å². The molecule has 0 radical (unpaired) electrons. The van der Waals surface area contributed by atoms with Crippen molar-refractivity contribution in [3.8, 4) is 16.5 Å². The van der Waals surface area contributed by atoms with E-state index in [-0.39, 0.29) is 0 Å². The summed E-state index contributed by atoms with van der Waals surface area (Å²) in [5, 5.41) is 9.44. The Labute approximate surface area is 125 Å². The van der Waals surface area contributed by atoms with Crippen molar-refractivity contribution < 1.29 is 14.6 Å². The summed E-state index contributed by atoms with van der Waals surface area (Å²) in [5.41, 5.74) is 2.54. The van der Waals surface area contributed by atoms with Gasteiger partial charge in [0.1, 0.15) is 5.69 Å². The third-order valence-electron chi connectivity index (χ3n) is 2.49. The van der Waals surface area contributed by atoms with Gasteiger partial charge >= 0.3 is 0 Å². The monoisotopic (exact) mass is 302 g/mol. The summed E-state index contributed by atoms with van der Waals surface area (Å²) < 4.78 is 5.31. The number of para-hydroxylation sites is 2. The summed E-state index contributed by atoms with van der Waals surface area (Å²) in [4.78, 5) is 19.2. The SMILES string of the molecule is CC(=O)O.COc1nc2ccccc2nc1-c1cccs1. The Morgan fingerprint density at radius 3 is 2.29 bits per heavy atom. The van der Waals surface area contributed by atoms with E-state index >= 15 is 0 Å². The lowest BCUT2D eigenvalue weighted by atomic mass is 10.2. The molecule has 0 unspecified atom stereocenters. The van der Waals surface area contributed by atoms with Crippen LogP contribution in [0.1, 0.15) is 6.92 Å². The maximum absolute atomic E-state index is 9.00. The number of thiophene rings is 1. The Hall–Kier alpha value is -2.47. The van der Waals surface area contributed by atoms with Crippen LogP contribution in [0, 0.1) is 0 Å². The minimum Gasteiger partial charge on any atom is -0.481 e. The van der Waals surface area contributed by atoms with Crippen LogP contribution in [0.3, 0.4) is 0 Å². The zero-order chi connectivity index (χ0) is 15.2. The molecule has 0 spiro atoms. The number of aromatic nitrogens is 2. The molecule has 0 amide bonds. The van der Waals surface area contributed by atoms with Crippen LogP contribution in [0.2, 0.25) is 0 Å². The van der Waals surface area contributed by atoms with Gasteiger partial charge in [0.25, 0.3) is 5.97 Å². The summed E-state index contributed by atoms with van der Waals surface area (Å²) in [5.74, 6) is -0.258. The fourth-order valence-electron chi connectivity index (χ4n) is 1.70. The van der Waals surface area contributed by atoms with Crippen LogP contribution in [0.25, 0.3) is 21.6 Å². The van der Waals surface area contributed by atoms with Crippen LogP contribution in [-0.2, 0) is 4.79 Å². The maximum Gasteiger partial charge on any atom is 0.300 e. The summed E-state index contributed by atoms with van der Waals surface area (Å²) in [7, 11) is 1.62. The molecule has 0 saturated heterocycles. The number of rotatable bonds is 2. The molecule has 3 aromatic rings. The molecule has 2 aromatic heterocycles. The lowest BCUT2D eigenvalue weighted by molar-refractivity contribution is -0.134. The predicted octanol–water partition coefficient (Wildman–Crippen LogP) is 3.46. The van der Waals surface area contributed by atoms with Crippen LogP contribution < -0.4 is 4.74 Å². The number of fused-ring (bicyclic) bond motifs is 1. The number of carboxylic acids is 1. The molecular formula is C15H14N2O3S. The molecule has 0 saturated carbocycles. The quantitative estimate of drug-likeness (QED) is 0.785. The molecule has 2 heterocycles. The molecule has 1 N–H and O–H groups in total. The number of benzene rings is 1. The molecule has 0 aliphatic heterocycles. The Morgan fingerprint density at radius 1 is 1.14 bits per heavy atom. The second kappa shape index (κ2) is 6.81. The first-order valence-corrected chi connectivity index (χ1v) is 7.04. The summed E-state index contributed by atoms with van der Waals surface area (Å²) in [6.45, 7) is 1.08. The van der Waals surface area contributed by atoms with Crippen molar-refractivity contribution in [2.75, 3.05) is 7.11 Å². The first-order valence-electron chi connectivity index (χ1n) is 6.16. The van der Waals surface area contributed by atoms with E-state index in [1.54, 1.807) is 18.4 Å². The number of carbonyl (C=O) groups is 1. The van der Waals surface area contributed by atoms with Crippen molar-refractivity contribution in [1.82, 2.24) is 9.97 Å². The van der Waals surface area contributed by atoms with Gasteiger partial charge in [-0.25, -0.2) is 9.97 Å². The first kappa shape index (κ1) is 14.9. The first-order chi connectivity index (χ1) is 10.1. The highest BCUT2D eigenvalue weighted by atomic mass is 32.1. The fourth-order valence-corrected chi connectivity index (χ4v) is 2.41. The third kappa shape index (κ3) is 3.76. The summed E-state index contributed by atoms with van der Waals surface area (Å²) in [6, 6.07) is 11.8. The lowest BCUT2D eigenvalue weighted by Gasteiger charge is -2.06. The minimum absolute atomic E-state index is 0.575. The molecule has 5 nitrogen and oxygen atoms in total. The highest BCUT2D eigenvalue weighted by Crippen LogP contribution is 2.31. The molecule has 0 aliphatic carbocycles. The van der Waals surface area contributed by atoms with Crippen LogP contribution in [0.5, 0.6) is 5.88 Å². The number of nitrogens with zero attached hydrogens (tertiary/aromatic N) is 2. The Morgan fingerprint density at radius 2 is 1.76 bits per heavy atom. The van der Waals surface area contributed by atoms with E-state index in [9.17, 15) is 0 Å². The van der Waals surface area contributed by atoms with E-state index in [0.717, 1.165) is 28.5 Å². The third-order valence-corrected chi connectivity index (χ3v) is 3.36. The topological polar surface area (TPSA) is 72.3 Å². The number of aliphatic carboxylic acids is 1. The average Bonchev–Trinajstić information content (AvgIpc) is 2.99. The van der Waals surface area contributed by atoms with E-state index in [1.807, 2.05) is 41.8 Å². The van der Waals surface area contributed by atoms with Crippen molar-refractivity contribution in [1.29, 1.82) is 0 Å². The number of carboxylic acid groups (broad SMARTS) is 1. The van der Waals surface area contributed by atoms with Crippen LogP contribution in [0.4, 0.5) is 0 Å². The van der Waals surface area contributed by atoms with Crippen molar-refractivity contribution in [2.45, 2.75) is 6.92 Å². The van der Waals surface area contributed by atoms with Gasteiger partial charge in [-0.05, 0) is 23.6 Å². The van der Waals surface area contributed by atoms with E-state index in [2.05, 4.69) is 9.97 Å². The van der Waals surface area contributed by atoms with Gasteiger partial charge in [0.05, 0.1) is 23.0 Å². The molecular weight excluding hydrogens is 288 g/mol. The van der Waals surface area contributed by atoms with Gasteiger partial charge in [-0.15, -0.1) is 11.3 Å². The van der Waals surface area contributed by atoms with Gasteiger partial charge in [0, 0.05) is 6.92 Å². The second-order valence-electron chi connectivity index (χ2n) is 4.07. The van der Waals surface area contributed by atoms with Crippen molar-refractivity contribution in [3.05, 3.63) is 41.8 Å². The molecule has 6 heteroatoms. The number of hydrogen-bond donors (Lipinski definition) is 1. The van der Waals surface area contributed by atoms with Crippen molar-refractivity contribution in [2.24, 2.45) is 0 Å². The van der Waals surface area contributed by atoms with Gasteiger partial charge in [-0.1, -0.05) is 18.2 Å². The van der Waals surface area contributed by atoms with Gasteiger partial charge in [0.2, 0.25) is 5.88 Å². The second-order valence-corrected chi connectivity index (χ2v) is 5.01. The lowest BCUT2D eigenvalue weighted by Crippen LogP contribution is -1.95. The highest BCUT2D eigenvalue weighted by Gasteiger charge is 2.11. The van der Waals surface area contributed by atoms with Gasteiger partial charge in [-0.3, -0.25) is 4.79 Å². The standard InChI is InChI=1S/C13H10N2OS.C2H4O2/c1-16-13-12(11-7-4-8-17-11)14-9-5-2-3-6-10(9)15-13;1-2(3)4/h2-8H,1H3;1H3,(H,3,4). The van der Waals surface area contributed by atoms with Crippen LogP contribution >= 0.6 is 11.3 Å². The Balaban J connectivity index is 0.000000361. The highest BCUT2D eigenvalue weighted by molar-refractivity contribution is 7.13. The number of methoxy groups -OCH3 is 1. The number of ether oxygens (including phenoxy) is 1. The molecule has 0 bridgehead atoms. The van der Waals surface area contributed by atoms with Gasteiger partial charge < -0.3 is 9.84 Å². The molecule has 0 fully saturated rings. The van der Waals surface area contributed by atoms with E-state index in [0.29, 0.717) is 5.88 Å². The number of hydrogen-bond acceptors (Lipinski definition) is 5. The smallest absolute Gasteiger partial charge is 0.300 e. The average molecular weight is 302 g/mol. The molecule has 1 aromatic carbocycles. The zero-order valence-corrected chi connectivity index (χ0v) is 12.4. The largest absolute Gasteiger partial charge is 0.481 e. The zero-order valence-electron chi connectivity index (χ0n) is 11.6. The fraction of sp³-hybridized carbons (Fsp3) is 0.133. The summed E-state index contributed by atoms with van der Waals surface area (Å²) >= 11 is 1.63. The van der Waals surface area contributed by atoms with Gasteiger partial charge in [-0.2, -0.15) is 0 Å².